The van der Waals surface area contributed by atoms with Gasteiger partial charge in [0.05, 0.1) is 26.3 Å². The van der Waals surface area contributed by atoms with Gasteiger partial charge in [-0.1, -0.05) is 18.2 Å². The summed E-state index contributed by atoms with van der Waals surface area (Å²) >= 11 is 4.30. The van der Waals surface area contributed by atoms with Gasteiger partial charge in [0.2, 0.25) is 5.91 Å². The molecule has 0 aliphatic heterocycles. The van der Waals surface area contributed by atoms with Crippen molar-refractivity contribution in [1.82, 2.24) is 0 Å². The molecule has 2 aromatic rings. The Morgan fingerprint density at radius 3 is 2.48 bits per heavy atom. The number of methoxy groups -OCH3 is 2. The van der Waals surface area contributed by atoms with Crippen molar-refractivity contribution in [1.29, 1.82) is 0 Å². The Hall–Kier alpha value is -2.14. The Morgan fingerprint density at radius 1 is 1.10 bits per heavy atom. The lowest BCUT2D eigenvalue weighted by Gasteiger charge is -2.10. The molecule has 0 fully saturated rings. The van der Waals surface area contributed by atoms with E-state index in [2.05, 4.69) is 17.9 Å². The first-order valence-corrected chi connectivity index (χ1v) is 6.87. The number of para-hydroxylation sites is 1. The molecule has 4 nitrogen and oxygen atoms in total. The number of thiol groups is 1. The first kappa shape index (κ1) is 15.3. The summed E-state index contributed by atoms with van der Waals surface area (Å²) in [5.41, 5.74) is 1.55. The van der Waals surface area contributed by atoms with Gasteiger partial charge in [0.15, 0.2) is 11.5 Å². The highest BCUT2D eigenvalue weighted by molar-refractivity contribution is 7.80. The number of amides is 1. The predicted octanol–water partition coefficient (Wildman–Crippen LogP) is 3.17. The standard InChI is InChI=1S/C16H17NO3S/c1-19-13-8-7-11(9-14(13)20-2)10-16(18)17-12-5-3-4-6-15(12)21/h3-9,21H,10H2,1-2H3,(H,17,18). The third-order valence-electron chi connectivity index (χ3n) is 2.99. The van der Waals surface area contributed by atoms with Gasteiger partial charge in [0.25, 0.3) is 0 Å². The van der Waals surface area contributed by atoms with E-state index >= 15 is 0 Å². The van der Waals surface area contributed by atoms with Gasteiger partial charge in [0, 0.05) is 4.90 Å². The van der Waals surface area contributed by atoms with Crippen molar-refractivity contribution in [3.8, 4) is 11.5 Å². The van der Waals surface area contributed by atoms with Crippen molar-refractivity contribution in [2.45, 2.75) is 11.3 Å². The van der Waals surface area contributed by atoms with Crippen LogP contribution in [0.5, 0.6) is 11.5 Å². The summed E-state index contributed by atoms with van der Waals surface area (Å²) in [4.78, 5) is 12.8. The molecule has 1 amide bonds. The maximum Gasteiger partial charge on any atom is 0.228 e. The van der Waals surface area contributed by atoms with Crippen molar-refractivity contribution in [3.05, 3.63) is 48.0 Å². The Bertz CT molecular complexity index is 643. The summed E-state index contributed by atoms with van der Waals surface area (Å²) in [6.07, 6.45) is 0.252. The molecule has 110 valence electrons. The van der Waals surface area contributed by atoms with E-state index in [1.54, 1.807) is 26.4 Å². The zero-order valence-corrected chi connectivity index (χ0v) is 12.8. The minimum Gasteiger partial charge on any atom is -0.493 e. The van der Waals surface area contributed by atoms with Crippen LogP contribution in [0.15, 0.2) is 47.4 Å². The molecule has 0 unspecified atom stereocenters. The monoisotopic (exact) mass is 303 g/mol. The van der Waals surface area contributed by atoms with Crippen molar-refractivity contribution in [2.24, 2.45) is 0 Å². The van der Waals surface area contributed by atoms with Crippen LogP contribution in [0.2, 0.25) is 0 Å². The second kappa shape index (κ2) is 7.04. The largest absolute Gasteiger partial charge is 0.493 e. The number of hydrogen-bond donors (Lipinski definition) is 2. The third-order valence-corrected chi connectivity index (χ3v) is 3.38. The molecule has 0 saturated heterocycles. The number of carbonyl (C=O) groups excluding carboxylic acids is 1. The SMILES string of the molecule is COc1ccc(CC(=O)Nc2ccccc2S)cc1OC. The molecule has 0 bridgehead atoms. The third kappa shape index (κ3) is 3.92. The summed E-state index contributed by atoms with van der Waals surface area (Å²) in [7, 11) is 3.15. The predicted molar refractivity (Wildman–Crippen MR) is 85.6 cm³/mol. The van der Waals surface area contributed by atoms with Crippen LogP contribution in [0.3, 0.4) is 0 Å². The molecule has 21 heavy (non-hydrogen) atoms. The second-order valence-electron chi connectivity index (χ2n) is 4.43. The van der Waals surface area contributed by atoms with Crippen LogP contribution in [0.1, 0.15) is 5.56 Å². The van der Waals surface area contributed by atoms with Crippen molar-refractivity contribution < 1.29 is 14.3 Å². The summed E-state index contributed by atoms with van der Waals surface area (Å²) in [5, 5.41) is 2.84. The molecule has 2 rings (SSSR count). The molecule has 5 heteroatoms. The molecule has 0 aliphatic rings. The Kier molecular flexibility index (Phi) is 5.11. The highest BCUT2D eigenvalue weighted by Crippen LogP contribution is 2.28. The lowest BCUT2D eigenvalue weighted by Crippen LogP contribution is -2.14. The average molecular weight is 303 g/mol. The van der Waals surface area contributed by atoms with Crippen LogP contribution >= 0.6 is 12.6 Å². The Balaban J connectivity index is 2.08. The smallest absolute Gasteiger partial charge is 0.228 e. The number of benzene rings is 2. The first-order chi connectivity index (χ1) is 10.1. The van der Waals surface area contributed by atoms with Crippen LogP contribution in [0.4, 0.5) is 5.69 Å². The summed E-state index contributed by atoms with van der Waals surface area (Å²) < 4.78 is 10.4. The van der Waals surface area contributed by atoms with E-state index < -0.39 is 0 Å². The van der Waals surface area contributed by atoms with E-state index in [-0.39, 0.29) is 12.3 Å². The Morgan fingerprint density at radius 2 is 1.81 bits per heavy atom. The van der Waals surface area contributed by atoms with E-state index in [1.807, 2.05) is 30.3 Å². The fourth-order valence-electron chi connectivity index (χ4n) is 1.95. The average Bonchev–Trinajstić information content (AvgIpc) is 2.49. The fourth-order valence-corrected chi connectivity index (χ4v) is 2.17. The van der Waals surface area contributed by atoms with E-state index in [1.165, 1.54) is 0 Å². The van der Waals surface area contributed by atoms with Gasteiger partial charge < -0.3 is 14.8 Å². The molecule has 2 aromatic carbocycles. The normalized spacial score (nSPS) is 10.0. The van der Waals surface area contributed by atoms with E-state index in [9.17, 15) is 4.79 Å². The molecule has 0 saturated carbocycles. The highest BCUT2D eigenvalue weighted by atomic mass is 32.1. The van der Waals surface area contributed by atoms with Gasteiger partial charge in [-0.2, -0.15) is 0 Å². The molecular formula is C16H17NO3S. The molecule has 0 aliphatic carbocycles. The van der Waals surface area contributed by atoms with Gasteiger partial charge in [-0.3, -0.25) is 4.79 Å². The van der Waals surface area contributed by atoms with E-state index in [0.717, 1.165) is 10.5 Å². The topological polar surface area (TPSA) is 47.6 Å². The van der Waals surface area contributed by atoms with Gasteiger partial charge in [-0.05, 0) is 29.8 Å². The Labute approximate surface area is 129 Å². The zero-order valence-electron chi connectivity index (χ0n) is 11.9. The number of carbonyl (C=O) groups is 1. The van der Waals surface area contributed by atoms with Crippen molar-refractivity contribution in [3.63, 3.8) is 0 Å². The number of ether oxygens (including phenoxy) is 2. The molecule has 0 heterocycles. The summed E-state index contributed by atoms with van der Waals surface area (Å²) in [6.45, 7) is 0. The van der Waals surface area contributed by atoms with Crippen LogP contribution in [0, 0.1) is 0 Å². The maximum absolute atomic E-state index is 12.1. The van der Waals surface area contributed by atoms with E-state index in [0.29, 0.717) is 17.2 Å². The number of nitrogens with one attached hydrogen (secondary N) is 1. The molecular weight excluding hydrogens is 286 g/mol. The van der Waals surface area contributed by atoms with Crippen molar-refractivity contribution >= 4 is 24.2 Å². The van der Waals surface area contributed by atoms with Crippen LogP contribution in [-0.4, -0.2) is 20.1 Å². The molecule has 0 atom stereocenters. The molecule has 1 N–H and O–H groups in total. The van der Waals surface area contributed by atoms with Crippen LogP contribution < -0.4 is 14.8 Å². The number of anilines is 1. The minimum atomic E-state index is -0.108. The lowest BCUT2D eigenvalue weighted by molar-refractivity contribution is -0.115. The van der Waals surface area contributed by atoms with Crippen LogP contribution in [0.25, 0.3) is 0 Å². The molecule has 0 spiro atoms. The second-order valence-corrected chi connectivity index (χ2v) is 4.91. The first-order valence-electron chi connectivity index (χ1n) is 6.42. The van der Waals surface area contributed by atoms with Gasteiger partial charge in [-0.15, -0.1) is 12.6 Å². The number of rotatable bonds is 5. The van der Waals surface area contributed by atoms with Gasteiger partial charge in [-0.25, -0.2) is 0 Å². The quantitative estimate of drug-likeness (QED) is 0.834. The zero-order chi connectivity index (χ0) is 15.2. The summed E-state index contributed by atoms with van der Waals surface area (Å²) in [5.74, 6) is 1.14. The number of hydrogen-bond acceptors (Lipinski definition) is 4. The molecule has 0 radical (unpaired) electrons. The van der Waals surface area contributed by atoms with Crippen LogP contribution in [-0.2, 0) is 11.2 Å². The minimum absolute atomic E-state index is 0.108. The maximum atomic E-state index is 12.1. The highest BCUT2D eigenvalue weighted by Gasteiger charge is 2.09. The molecule has 0 aromatic heterocycles. The lowest BCUT2D eigenvalue weighted by atomic mass is 10.1. The summed E-state index contributed by atoms with van der Waals surface area (Å²) in [6, 6.07) is 12.8. The van der Waals surface area contributed by atoms with Crippen molar-refractivity contribution in [2.75, 3.05) is 19.5 Å². The fraction of sp³-hybridized carbons (Fsp3) is 0.188. The van der Waals surface area contributed by atoms with Gasteiger partial charge >= 0.3 is 0 Å². The van der Waals surface area contributed by atoms with Gasteiger partial charge in [0.1, 0.15) is 0 Å². The van der Waals surface area contributed by atoms with E-state index in [4.69, 9.17) is 9.47 Å².